The standard InChI is InChI=1S/C11H16ClN3O/c1-3-14-11(16)7-15(2)10-6-8(12)4-5-9(10)13/h4-6H,3,7,13H2,1-2H3,(H,14,16). The molecule has 88 valence electrons. The number of carbonyl (C=O) groups excluding carboxylic acids is 1. The van der Waals surface area contributed by atoms with Crippen LogP contribution in [0.1, 0.15) is 6.92 Å². The van der Waals surface area contributed by atoms with Crippen molar-refractivity contribution in [1.82, 2.24) is 5.32 Å². The highest BCUT2D eigenvalue weighted by Gasteiger charge is 2.09. The van der Waals surface area contributed by atoms with Gasteiger partial charge in [0, 0.05) is 18.6 Å². The number of nitrogens with zero attached hydrogens (tertiary/aromatic N) is 1. The fraction of sp³-hybridized carbons (Fsp3) is 0.364. The van der Waals surface area contributed by atoms with Crippen LogP contribution in [-0.4, -0.2) is 26.0 Å². The molecule has 3 N–H and O–H groups in total. The molecule has 4 nitrogen and oxygen atoms in total. The Labute approximate surface area is 100 Å². The Morgan fingerprint density at radius 1 is 1.56 bits per heavy atom. The van der Waals surface area contributed by atoms with E-state index in [0.29, 0.717) is 17.3 Å². The number of nitrogens with one attached hydrogen (secondary N) is 1. The second kappa shape index (κ2) is 5.61. The number of rotatable bonds is 4. The highest BCUT2D eigenvalue weighted by molar-refractivity contribution is 6.31. The number of nitrogens with two attached hydrogens (primary N) is 1. The molecule has 0 aliphatic heterocycles. The topological polar surface area (TPSA) is 58.4 Å². The van der Waals surface area contributed by atoms with E-state index in [0.717, 1.165) is 5.69 Å². The third-order valence-electron chi connectivity index (χ3n) is 2.16. The highest BCUT2D eigenvalue weighted by atomic mass is 35.5. The SMILES string of the molecule is CCNC(=O)CN(C)c1cc(Cl)ccc1N. The van der Waals surface area contributed by atoms with Crippen molar-refractivity contribution in [1.29, 1.82) is 0 Å². The lowest BCUT2D eigenvalue weighted by Crippen LogP contribution is -2.35. The van der Waals surface area contributed by atoms with E-state index in [1.807, 2.05) is 6.92 Å². The van der Waals surface area contributed by atoms with E-state index in [4.69, 9.17) is 17.3 Å². The molecule has 0 atom stereocenters. The molecular weight excluding hydrogens is 226 g/mol. The van der Waals surface area contributed by atoms with Crippen molar-refractivity contribution in [3.63, 3.8) is 0 Å². The number of amides is 1. The zero-order valence-corrected chi connectivity index (χ0v) is 10.2. The fourth-order valence-corrected chi connectivity index (χ4v) is 1.57. The number of hydrogen-bond acceptors (Lipinski definition) is 3. The van der Waals surface area contributed by atoms with E-state index in [1.54, 1.807) is 30.1 Å². The Morgan fingerprint density at radius 2 is 2.25 bits per heavy atom. The molecule has 0 spiro atoms. The summed E-state index contributed by atoms with van der Waals surface area (Å²) >= 11 is 5.88. The number of carbonyl (C=O) groups is 1. The highest BCUT2D eigenvalue weighted by Crippen LogP contribution is 2.25. The molecule has 5 heteroatoms. The lowest BCUT2D eigenvalue weighted by molar-refractivity contribution is -0.119. The van der Waals surface area contributed by atoms with Crippen LogP contribution in [0.3, 0.4) is 0 Å². The second-order valence-electron chi connectivity index (χ2n) is 3.51. The predicted molar refractivity (Wildman–Crippen MR) is 67.8 cm³/mol. The summed E-state index contributed by atoms with van der Waals surface area (Å²) in [7, 11) is 1.80. The minimum atomic E-state index is -0.0376. The summed E-state index contributed by atoms with van der Waals surface area (Å²) < 4.78 is 0. The zero-order valence-electron chi connectivity index (χ0n) is 9.46. The summed E-state index contributed by atoms with van der Waals surface area (Å²) in [4.78, 5) is 13.2. The van der Waals surface area contributed by atoms with E-state index >= 15 is 0 Å². The van der Waals surface area contributed by atoms with E-state index in [2.05, 4.69) is 5.32 Å². The van der Waals surface area contributed by atoms with Crippen LogP contribution in [-0.2, 0) is 4.79 Å². The summed E-state index contributed by atoms with van der Waals surface area (Å²) in [5.41, 5.74) is 7.18. The third-order valence-corrected chi connectivity index (χ3v) is 2.39. The lowest BCUT2D eigenvalue weighted by Gasteiger charge is -2.20. The van der Waals surface area contributed by atoms with Gasteiger partial charge in [-0.15, -0.1) is 0 Å². The first kappa shape index (κ1) is 12.6. The van der Waals surface area contributed by atoms with Gasteiger partial charge < -0.3 is 16.0 Å². The lowest BCUT2D eigenvalue weighted by atomic mass is 10.2. The predicted octanol–water partition coefficient (Wildman–Crippen LogP) is 1.49. The van der Waals surface area contributed by atoms with Crippen molar-refractivity contribution >= 4 is 28.9 Å². The van der Waals surface area contributed by atoms with E-state index in [-0.39, 0.29) is 12.5 Å². The van der Waals surface area contributed by atoms with Gasteiger partial charge in [-0.3, -0.25) is 4.79 Å². The first-order chi connectivity index (χ1) is 7.54. The van der Waals surface area contributed by atoms with Gasteiger partial charge >= 0.3 is 0 Å². The Morgan fingerprint density at radius 3 is 2.88 bits per heavy atom. The van der Waals surface area contributed by atoms with Crippen LogP contribution in [0.15, 0.2) is 18.2 Å². The normalized spacial score (nSPS) is 9.94. The van der Waals surface area contributed by atoms with Gasteiger partial charge in [0.1, 0.15) is 0 Å². The van der Waals surface area contributed by atoms with Gasteiger partial charge in [0.25, 0.3) is 0 Å². The molecule has 0 fully saturated rings. The molecule has 1 aromatic rings. The van der Waals surface area contributed by atoms with Crippen LogP contribution in [0, 0.1) is 0 Å². The minimum Gasteiger partial charge on any atom is -0.397 e. The monoisotopic (exact) mass is 241 g/mol. The van der Waals surface area contributed by atoms with E-state index in [1.165, 1.54) is 0 Å². The molecule has 0 aromatic heterocycles. The minimum absolute atomic E-state index is 0.0376. The molecule has 1 rings (SSSR count). The first-order valence-electron chi connectivity index (χ1n) is 5.07. The van der Waals surface area contributed by atoms with Crippen LogP contribution in [0.4, 0.5) is 11.4 Å². The average Bonchev–Trinajstić information content (AvgIpc) is 2.21. The van der Waals surface area contributed by atoms with Crippen molar-refractivity contribution in [3.8, 4) is 0 Å². The summed E-state index contributed by atoms with van der Waals surface area (Å²) in [6.45, 7) is 2.77. The van der Waals surface area contributed by atoms with Crippen LogP contribution in [0.2, 0.25) is 5.02 Å². The quantitative estimate of drug-likeness (QED) is 0.786. The molecule has 0 saturated heterocycles. The summed E-state index contributed by atoms with van der Waals surface area (Å²) in [5.74, 6) is -0.0376. The number of anilines is 2. The van der Waals surface area contributed by atoms with Gasteiger partial charge in [-0.1, -0.05) is 11.6 Å². The van der Waals surface area contributed by atoms with Gasteiger partial charge in [0.05, 0.1) is 17.9 Å². The molecule has 0 saturated carbocycles. The average molecular weight is 242 g/mol. The third kappa shape index (κ3) is 3.31. The molecule has 16 heavy (non-hydrogen) atoms. The molecular formula is C11H16ClN3O. The Hall–Kier alpha value is -1.42. The Balaban J connectivity index is 2.76. The van der Waals surface area contributed by atoms with Crippen molar-refractivity contribution in [2.45, 2.75) is 6.92 Å². The van der Waals surface area contributed by atoms with Crippen LogP contribution in [0.5, 0.6) is 0 Å². The zero-order chi connectivity index (χ0) is 12.1. The molecule has 0 aliphatic rings. The van der Waals surface area contributed by atoms with Crippen LogP contribution < -0.4 is 16.0 Å². The van der Waals surface area contributed by atoms with Crippen LogP contribution >= 0.6 is 11.6 Å². The molecule has 0 aliphatic carbocycles. The van der Waals surface area contributed by atoms with Crippen LogP contribution in [0.25, 0.3) is 0 Å². The molecule has 0 unspecified atom stereocenters. The fourth-order valence-electron chi connectivity index (χ4n) is 1.40. The van der Waals surface area contributed by atoms with Crippen molar-refractivity contribution < 1.29 is 4.79 Å². The number of nitrogen functional groups attached to an aromatic ring is 1. The summed E-state index contributed by atoms with van der Waals surface area (Å²) in [6.07, 6.45) is 0. The molecule has 1 amide bonds. The van der Waals surface area contributed by atoms with Crippen molar-refractivity contribution in [2.24, 2.45) is 0 Å². The largest absolute Gasteiger partial charge is 0.397 e. The summed E-state index contributed by atoms with van der Waals surface area (Å²) in [5, 5.41) is 3.33. The molecule has 0 heterocycles. The van der Waals surface area contributed by atoms with Gasteiger partial charge in [-0.05, 0) is 25.1 Å². The van der Waals surface area contributed by atoms with E-state index in [9.17, 15) is 4.79 Å². The smallest absolute Gasteiger partial charge is 0.239 e. The van der Waals surface area contributed by atoms with Crippen molar-refractivity contribution in [2.75, 3.05) is 30.8 Å². The van der Waals surface area contributed by atoms with Crippen molar-refractivity contribution in [3.05, 3.63) is 23.2 Å². The van der Waals surface area contributed by atoms with Gasteiger partial charge in [0.15, 0.2) is 0 Å². The molecule has 0 radical (unpaired) electrons. The van der Waals surface area contributed by atoms with Gasteiger partial charge in [-0.2, -0.15) is 0 Å². The first-order valence-corrected chi connectivity index (χ1v) is 5.45. The van der Waals surface area contributed by atoms with Gasteiger partial charge in [0.2, 0.25) is 5.91 Å². The molecule has 0 bridgehead atoms. The Bertz CT molecular complexity index is 381. The maximum atomic E-state index is 11.4. The van der Waals surface area contributed by atoms with Gasteiger partial charge in [-0.25, -0.2) is 0 Å². The summed E-state index contributed by atoms with van der Waals surface area (Å²) in [6, 6.07) is 5.20. The maximum absolute atomic E-state index is 11.4. The number of halogens is 1. The molecule has 1 aromatic carbocycles. The number of benzene rings is 1. The number of hydrogen-bond donors (Lipinski definition) is 2. The second-order valence-corrected chi connectivity index (χ2v) is 3.95. The Kier molecular flexibility index (Phi) is 4.43. The number of likely N-dealkylation sites (N-methyl/N-ethyl adjacent to an activating group) is 2. The maximum Gasteiger partial charge on any atom is 0.239 e. The van der Waals surface area contributed by atoms with E-state index < -0.39 is 0 Å².